The van der Waals surface area contributed by atoms with E-state index in [1.165, 1.54) is 38.3 Å². The van der Waals surface area contributed by atoms with Crippen LogP contribution in [0.15, 0.2) is 4.99 Å². The van der Waals surface area contributed by atoms with E-state index in [4.69, 9.17) is 0 Å². The Morgan fingerprint density at radius 2 is 1.57 bits per heavy atom. The van der Waals surface area contributed by atoms with Gasteiger partial charge < -0.3 is 5.32 Å². The number of thioether (sulfide) groups is 1. The Labute approximate surface area is 133 Å². The number of nitrogens with zero attached hydrogens (tertiary/aromatic N) is 1. The third kappa shape index (κ3) is 3.43. The van der Waals surface area contributed by atoms with Crippen LogP contribution in [0.3, 0.4) is 0 Å². The Kier molecular flexibility index (Phi) is 5.33. The van der Waals surface area contributed by atoms with Crippen LogP contribution in [0.1, 0.15) is 40.3 Å². The quantitative estimate of drug-likeness (QED) is 0.897. The summed E-state index contributed by atoms with van der Waals surface area (Å²) in [4.78, 5) is 6.14. The van der Waals surface area contributed by atoms with Crippen LogP contribution in [0.5, 0.6) is 0 Å². The summed E-state index contributed by atoms with van der Waals surface area (Å²) in [7, 11) is 0. The minimum Gasteiger partial charge on any atom is -0.318 e. The highest BCUT2D eigenvalue weighted by atomic mass is 32.2. The largest absolute Gasteiger partial charge is 0.318 e. The van der Waals surface area contributed by atoms with Gasteiger partial charge in [-0.3, -0.25) is 4.90 Å². The first-order valence-electron chi connectivity index (χ1n) is 7.76. The lowest BCUT2D eigenvalue weighted by Crippen LogP contribution is -3.14. The number of nitrogens with one attached hydrogen (secondary N) is 2. The molecule has 0 radical (unpaired) electrons. The zero-order valence-corrected chi connectivity index (χ0v) is 15.0. The molecule has 0 aliphatic carbocycles. The van der Waals surface area contributed by atoms with E-state index >= 15 is 0 Å². The van der Waals surface area contributed by atoms with E-state index in [9.17, 15) is 0 Å². The number of amidine groups is 1. The van der Waals surface area contributed by atoms with Crippen LogP contribution in [0.2, 0.25) is 0 Å². The molecular formula is C17H28N3S+. The number of hydrogen-bond acceptors (Lipinski definition) is 3. The van der Waals surface area contributed by atoms with Gasteiger partial charge >= 0.3 is 0 Å². The van der Waals surface area contributed by atoms with E-state index in [1.54, 1.807) is 0 Å². The van der Waals surface area contributed by atoms with Gasteiger partial charge in [0.2, 0.25) is 0 Å². The molecule has 1 aliphatic rings. The van der Waals surface area contributed by atoms with Crippen molar-refractivity contribution < 1.29 is 4.90 Å². The van der Waals surface area contributed by atoms with Crippen molar-refractivity contribution in [1.29, 1.82) is 0 Å². The minimum absolute atomic E-state index is 0.899. The molecule has 116 valence electrons. The summed E-state index contributed by atoms with van der Waals surface area (Å²) in [6.07, 6.45) is 0. The molecular weight excluding hydrogens is 278 g/mol. The predicted molar refractivity (Wildman–Crippen MR) is 93.2 cm³/mol. The number of quaternary nitrogens is 1. The number of benzene rings is 1. The summed E-state index contributed by atoms with van der Waals surface area (Å²) in [5.74, 6) is 1.01. The third-order valence-corrected chi connectivity index (χ3v) is 5.92. The second-order valence-electron chi connectivity index (χ2n) is 5.97. The van der Waals surface area contributed by atoms with E-state index in [0.717, 1.165) is 30.8 Å². The number of hydrogen-bond donors (Lipinski definition) is 2. The van der Waals surface area contributed by atoms with E-state index in [0.29, 0.717) is 0 Å². The normalized spacial score (nSPS) is 18.4. The molecule has 0 bridgehead atoms. The van der Waals surface area contributed by atoms with Crippen LogP contribution in [0, 0.1) is 34.6 Å². The molecule has 0 fully saturated rings. The molecule has 0 amide bonds. The van der Waals surface area contributed by atoms with Gasteiger partial charge in [0, 0.05) is 5.75 Å². The second kappa shape index (κ2) is 6.84. The Morgan fingerprint density at radius 1 is 1.00 bits per heavy atom. The minimum atomic E-state index is 0.899. The summed E-state index contributed by atoms with van der Waals surface area (Å²) in [6.45, 7) is 16.4. The molecule has 1 aromatic carbocycles. The molecule has 4 heteroatoms. The van der Waals surface area contributed by atoms with Crippen molar-refractivity contribution in [1.82, 2.24) is 5.32 Å². The average molecular weight is 306 g/mol. The van der Waals surface area contributed by atoms with E-state index < -0.39 is 0 Å². The van der Waals surface area contributed by atoms with Crippen LogP contribution in [-0.4, -0.2) is 25.0 Å². The molecule has 21 heavy (non-hydrogen) atoms. The highest BCUT2D eigenvalue weighted by Gasteiger charge is 2.16. The zero-order valence-electron chi connectivity index (χ0n) is 14.2. The maximum absolute atomic E-state index is 4.65. The first kappa shape index (κ1) is 16.4. The lowest BCUT2D eigenvalue weighted by atomic mass is 9.90. The van der Waals surface area contributed by atoms with E-state index in [-0.39, 0.29) is 0 Å². The Bertz CT molecular complexity index is 535. The van der Waals surface area contributed by atoms with Gasteiger partial charge in [-0.05, 0) is 74.9 Å². The van der Waals surface area contributed by atoms with Crippen LogP contribution in [0.25, 0.3) is 0 Å². The molecule has 0 aromatic heterocycles. The topological polar surface area (TPSA) is 28.8 Å². The molecule has 2 N–H and O–H groups in total. The van der Waals surface area contributed by atoms with Gasteiger partial charge in [0.1, 0.15) is 0 Å². The van der Waals surface area contributed by atoms with Gasteiger partial charge in [0.15, 0.2) is 18.5 Å². The predicted octanol–water partition coefficient (Wildman–Crippen LogP) is 2.24. The van der Waals surface area contributed by atoms with Crippen molar-refractivity contribution >= 4 is 16.9 Å². The Balaban J connectivity index is 2.13. The van der Waals surface area contributed by atoms with E-state index in [1.807, 2.05) is 11.8 Å². The van der Waals surface area contributed by atoms with Crippen molar-refractivity contribution in [3.8, 4) is 0 Å². The summed E-state index contributed by atoms with van der Waals surface area (Å²) in [5.41, 5.74) is 8.69. The number of rotatable bonds is 3. The molecule has 1 atom stereocenters. The molecule has 1 aliphatic heterocycles. The molecule has 0 saturated heterocycles. The number of aliphatic imine (C=N–C) groups is 1. The fraction of sp³-hybridized carbons (Fsp3) is 0.588. The summed E-state index contributed by atoms with van der Waals surface area (Å²) < 4.78 is 0. The Hall–Kier alpha value is -1.00. The van der Waals surface area contributed by atoms with Crippen molar-refractivity contribution in [3.05, 3.63) is 33.4 Å². The smallest absolute Gasteiger partial charge is 0.175 e. The van der Waals surface area contributed by atoms with Crippen molar-refractivity contribution in [2.45, 2.75) is 47.3 Å². The highest BCUT2D eigenvalue weighted by Crippen LogP contribution is 2.29. The summed E-state index contributed by atoms with van der Waals surface area (Å²) in [6, 6.07) is 0. The molecule has 1 heterocycles. The summed E-state index contributed by atoms with van der Waals surface area (Å²) >= 11 is 1.84. The van der Waals surface area contributed by atoms with Gasteiger partial charge in [-0.1, -0.05) is 11.8 Å². The lowest BCUT2D eigenvalue weighted by molar-refractivity contribution is -0.900. The molecule has 1 aromatic rings. The highest BCUT2D eigenvalue weighted by molar-refractivity contribution is 8.13. The fourth-order valence-electron chi connectivity index (χ4n) is 2.76. The molecule has 3 nitrogen and oxygen atoms in total. The maximum atomic E-state index is 4.65. The van der Waals surface area contributed by atoms with E-state index in [2.05, 4.69) is 51.9 Å². The SMILES string of the molecule is CC[NH+]1CN=C(SCc2c(C)c(C)c(C)c(C)c2C)NC1. The van der Waals surface area contributed by atoms with Gasteiger partial charge in [-0.2, -0.15) is 0 Å². The van der Waals surface area contributed by atoms with Crippen molar-refractivity contribution in [2.75, 3.05) is 19.9 Å². The molecule has 2 rings (SSSR count). The molecule has 1 unspecified atom stereocenters. The van der Waals surface area contributed by atoms with Crippen LogP contribution in [-0.2, 0) is 5.75 Å². The first-order chi connectivity index (χ1) is 9.95. The molecule has 0 saturated carbocycles. The standard InChI is InChI=1S/C17H27N3S/c1-7-20-9-18-17(19-10-20)21-8-16-14(5)12(3)11(2)13(4)15(16)6/h7-10H2,1-6H3,(H,18,19)/p+1. The van der Waals surface area contributed by atoms with Crippen LogP contribution >= 0.6 is 11.8 Å². The summed E-state index contributed by atoms with van der Waals surface area (Å²) in [5, 5.41) is 4.54. The fourth-order valence-corrected chi connectivity index (χ4v) is 3.81. The average Bonchev–Trinajstić information content (AvgIpc) is 2.51. The van der Waals surface area contributed by atoms with Crippen LogP contribution in [0.4, 0.5) is 0 Å². The van der Waals surface area contributed by atoms with Gasteiger partial charge in [-0.25, -0.2) is 4.99 Å². The maximum Gasteiger partial charge on any atom is 0.175 e. The van der Waals surface area contributed by atoms with Crippen molar-refractivity contribution in [3.63, 3.8) is 0 Å². The van der Waals surface area contributed by atoms with Gasteiger partial charge in [0.25, 0.3) is 0 Å². The zero-order chi connectivity index (χ0) is 15.6. The Morgan fingerprint density at radius 3 is 2.05 bits per heavy atom. The van der Waals surface area contributed by atoms with Gasteiger partial charge in [0.05, 0.1) is 6.54 Å². The monoisotopic (exact) mass is 306 g/mol. The van der Waals surface area contributed by atoms with Crippen LogP contribution < -0.4 is 10.2 Å². The first-order valence-corrected chi connectivity index (χ1v) is 8.74. The van der Waals surface area contributed by atoms with Crippen molar-refractivity contribution in [2.24, 2.45) is 4.99 Å². The third-order valence-electron chi connectivity index (χ3n) is 4.94. The lowest BCUT2D eigenvalue weighted by Gasteiger charge is -2.23. The van der Waals surface area contributed by atoms with Gasteiger partial charge in [-0.15, -0.1) is 0 Å². The second-order valence-corrected chi connectivity index (χ2v) is 6.93. The molecule has 0 spiro atoms.